The van der Waals surface area contributed by atoms with Gasteiger partial charge in [-0.25, -0.2) is 4.79 Å². The molecule has 4 aromatic carbocycles. The zero-order valence-corrected chi connectivity index (χ0v) is 17.2. The fraction of sp³-hybridized carbons (Fsp3) is 0. The standard InChI is InChI=1S/C25H23N5O2/c26-17-5-1-15(2-6-17)21-11-9-19(13-23(21)28)30-25(31)32-20-10-12-22(24(29)14-20)16-3-7-18(27)8-4-16/h1-14H,26-29H2,(H,30,31). The molecule has 1 amide bonds. The van der Waals surface area contributed by atoms with Crippen LogP contribution in [-0.2, 0) is 0 Å². The number of ether oxygens (including phenoxy) is 1. The molecule has 0 fully saturated rings. The molecule has 0 radical (unpaired) electrons. The summed E-state index contributed by atoms with van der Waals surface area (Å²) in [7, 11) is 0. The molecule has 0 aliphatic carbocycles. The average molecular weight is 425 g/mol. The number of carbonyl (C=O) groups is 1. The second kappa shape index (κ2) is 8.61. The van der Waals surface area contributed by atoms with Gasteiger partial charge in [-0.2, -0.15) is 0 Å². The highest BCUT2D eigenvalue weighted by molar-refractivity contribution is 5.89. The first-order valence-corrected chi connectivity index (χ1v) is 9.89. The van der Waals surface area contributed by atoms with Crippen molar-refractivity contribution in [2.45, 2.75) is 0 Å². The van der Waals surface area contributed by atoms with Gasteiger partial charge in [-0.3, -0.25) is 5.32 Å². The second-order valence-electron chi connectivity index (χ2n) is 7.31. The van der Waals surface area contributed by atoms with Gasteiger partial charge in [0.1, 0.15) is 5.75 Å². The van der Waals surface area contributed by atoms with Crippen LogP contribution in [0.3, 0.4) is 0 Å². The van der Waals surface area contributed by atoms with Crippen molar-refractivity contribution in [3.8, 4) is 28.0 Å². The zero-order valence-electron chi connectivity index (χ0n) is 17.2. The molecule has 0 aromatic heterocycles. The van der Waals surface area contributed by atoms with E-state index in [4.69, 9.17) is 27.7 Å². The van der Waals surface area contributed by atoms with Gasteiger partial charge in [0, 0.05) is 45.6 Å². The van der Waals surface area contributed by atoms with E-state index in [1.165, 1.54) is 0 Å². The van der Waals surface area contributed by atoms with Crippen molar-refractivity contribution in [3.05, 3.63) is 84.9 Å². The highest BCUT2D eigenvalue weighted by Crippen LogP contribution is 2.31. The molecule has 0 spiro atoms. The van der Waals surface area contributed by atoms with Crippen molar-refractivity contribution in [1.82, 2.24) is 0 Å². The Kier molecular flexibility index (Phi) is 5.55. The van der Waals surface area contributed by atoms with Gasteiger partial charge in [-0.1, -0.05) is 30.3 Å². The number of anilines is 5. The molecule has 0 atom stereocenters. The van der Waals surface area contributed by atoms with Crippen LogP contribution in [-0.4, -0.2) is 6.09 Å². The predicted molar refractivity (Wildman–Crippen MR) is 131 cm³/mol. The predicted octanol–water partition coefficient (Wildman–Crippen LogP) is 4.96. The van der Waals surface area contributed by atoms with Crippen LogP contribution in [0.5, 0.6) is 5.75 Å². The maximum Gasteiger partial charge on any atom is 0.417 e. The highest BCUT2D eigenvalue weighted by Gasteiger charge is 2.10. The van der Waals surface area contributed by atoms with Crippen LogP contribution in [0.15, 0.2) is 84.9 Å². The van der Waals surface area contributed by atoms with Gasteiger partial charge in [0.15, 0.2) is 0 Å². The summed E-state index contributed by atoms with van der Waals surface area (Å²) < 4.78 is 5.37. The molecular weight excluding hydrogens is 402 g/mol. The number of hydrogen-bond donors (Lipinski definition) is 5. The number of nitrogens with one attached hydrogen (secondary N) is 1. The van der Waals surface area contributed by atoms with Gasteiger partial charge in [0.25, 0.3) is 0 Å². The Morgan fingerprint density at radius 1 is 0.625 bits per heavy atom. The molecule has 0 aliphatic heterocycles. The SMILES string of the molecule is Nc1ccc(-c2ccc(NC(=O)Oc3ccc(-c4ccc(N)cc4)c(N)c3)cc2N)cc1. The van der Waals surface area contributed by atoms with E-state index in [0.29, 0.717) is 34.2 Å². The molecule has 0 saturated heterocycles. The number of rotatable bonds is 4. The first kappa shape index (κ1) is 20.6. The third-order valence-corrected chi connectivity index (χ3v) is 4.97. The number of benzene rings is 4. The van der Waals surface area contributed by atoms with Crippen molar-refractivity contribution < 1.29 is 9.53 Å². The summed E-state index contributed by atoms with van der Waals surface area (Å²) in [4.78, 5) is 12.3. The largest absolute Gasteiger partial charge is 0.417 e. The van der Waals surface area contributed by atoms with Gasteiger partial charge in [-0.15, -0.1) is 0 Å². The van der Waals surface area contributed by atoms with Gasteiger partial charge in [-0.05, 0) is 59.7 Å². The summed E-state index contributed by atoms with van der Waals surface area (Å²) in [6.45, 7) is 0. The Labute approximate surface area is 185 Å². The minimum Gasteiger partial charge on any atom is -0.410 e. The molecule has 32 heavy (non-hydrogen) atoms. The summed E-state index contributed by atoms with van der Waals surface area (Å²) >= 11 is 0. The van der Waals surface area contributed by atoms with Crippen molar-refractivity contribution in [3.63, 3.8) is 0 Å². The molecule has 0 heterocycles. The molecule has 0 saturated carbocycles. The quantitative estimate of drug-likeness (QED) is 0.292. The average Bonchev–Trinajstić information content (AvgIpc) is 2.76. The lowest BCUT2D eigenvalue weighted by molar-refractivity contribution is 0.215. The maximum atomic E-state index is 12.3. The number of nitrogens with two attached hydrogens (primary N) is 4. The van der Waals surface area contributed by atoms with Crippen molar-refractivity contribution in [2.75, 3.05) is 28.3 Å². The van der Waals surface area contributed by atoms with E-state index in [-0.39, 0.29) is 0 Å². The van der Waals surface area contributed by atoms with E-state index in [1.807, 2.05) is 42.5 Å². The summed E-state index contributed by atoms with van der Waals surface area (Å²) in [5.74, 6) is 0.325. The molecule has 7 nitrogen and oxygen atoms in total. The van der Waals surface area contributed by atoms with Crippen LogP contribution < -0.4 is 33.0 Å². The van der Waals surface area contributed by atoms with Gasteiger partial charge in [0.05, 0.1) is 0 Å². The third kappa shape index (κ3) is 4.57. The molecule has 4 rings (SSSR count). The summed E-state index contributed by atoms with van der Waals surface area (Å²) in [5, 5.41) is 2.68. The van der Waals surface area contributed by atoms with Crippen LogP contribution in [0.25, 0.3) is 22.3 Å². The third-order valence-electron chi connectivity index (χ3n) is 4.97. The van der Waals surface area contributed by atoms with Gasteiger partial charge < -0.3 is 27.7 Å². The lowest BCUT2D eigenvalue weighted by Crippen LogP contribution is -2.17. The van der Waals surface area contributed by atoms with Crippen molar-refractivity contribution >= 4 is 34.5 Å². The number of carbonyl (C=O) groups excluding carboxylic acids is 1. The lowest BCUT2D eigenvalue weighted by Gasteiger charge is -2.12. The number of nitrogen functional groups attached to an aromatic ring is 4. The smallest absolute Gasteiger partial charge is 0.410 e. The van der Waals surface area contributed by atoms with Crippen LogP contribution in [0.2, 0.25) is 0 Å². The van der Waals surface area contributed by atoms with E-state index in [2.05, 4.69) is 5.32 Å². The van der Waals surface area contributed by atoms with E-state index in [0.717, 1.165) is 22.3 Å². The van der Waals surface area contributed by atoms with Crippen LogP contribution in [0.1, 0.15) is 0 Å². The van der Waals surface area contributed by atoms with Gasteiger partial charge in [0.2, 0.25) is 0 Å². The topological polar surface area (TPSA) is 142 Å². The molecule has 4 aromatic rings. The second-order valence-corrected chi connectivity index (χ2v) is 7.31. The molecule has 0 unspecified atom stereocenters. The fourth-order valence-electron chi connectivity index (χ4n) is 3.35. The normalized spacial score (nSPS) is 10.5. The summed E-state index contributed by atoms with van der Waals surface area (Å²) in [6.07, 6.45) is -0.649. The Morgan fingerprint density at radius 2 is 1.12 bits per heavy atom. The van der Waals surface area contributed by atoms with Crippen molar-refractivity contribution in [2.24, 2.45) is 0 Å². The zero-order chi connectivity index (χ0) is 22.7. The van der Waals surface area contributed by atoms with Crippen molar-refractivity contribution in [1.29, 1.82) is 0 Å². The van der Waals surface area contributed by atoms with E-state index >= 15 is 0 Å². The molecule has 0 bridgehead atoms. The number of hydrogen-bond acceptors (Lipinski definition) is 6. The Bertz CT molecular complexity index is 1170. The van der Waals surface area contributed by atoms with E-state index in [9.17, 15) is 4.79 Å². The van der Waals surface area contributed by atoms with Crippen LogP contribution in [0, 0.1) is 0 Å². The van der Waals surface area contributed by atoms with Crippen LogP contribution in [0.4, 0.5) is 33.2 Å². The Hall–Kier alpha value is -4.65. The maximum absolute atomic E-state index is 12.3. The van der Waals surface area contributed by atoms with E-state index < -0.39 is 6.09 Å². The Balaban J connectivity index is 1.44. The summed E-state index contributed by atoms with van der Waals surface area (Å²) in [6, 6.07) is 25.1. The van der Waals surface area contributed by atoms with Crippen LogP contribution >= 0.6 is 0 Å². The summed E-state index contributed by atoms with van der Waals surface area (Å²) in [5.41, 5.74) is 30.2. The highest BCUT2D eigenvalue weighted by atomic mass is 16.6. The lowest BCUT2D eigenvalue weighted by atomic mass is 10.0. The molecule has 160 valence electrons. The Morgan fingerprint density at radius 3 is 1.62 bits per heavy atom. The van der Waals surface area contributed by atoms with E-state index in [1.54, 1.807) is 42.5 Å². The molecule has 9 N–H and O–H groups in total. The minimum absolute atomic E-state index is 0.325. The van der Waals surface area contributed by atoms with Gasteiger partial charge >= 0.3 is 6.09 Å². The monoisotopic (exact) mass is 425 g/mol. The first-order chi connectivity index (χ1) is 15.4. The number of amides is 1. The first-order valence-electron chi connectivity index (χ1n) is 9.89. The molecule has 7 heteroatoms. The molecular formula is C25H23N5O2. The minimum atomic E-state index is -0.649. The fourth-order valence-corrected chi connectivity index (χ4v) is 3.35. The molecule has 0 aliphatic rings.